The van der Waals surface area contributed by atoms with Crippen molar-refractivity contribution in [2.24, 2.45) is 169 Å². The fourth-order valence-corrected chi connectivity index (χ4v) is 40.9. The minimum atomic E-state index is -0.104. The van der Waals surface area contributed by atoms with Crippen LogP contribution in [0, 0.1) is 164 Å². The second-order valence-corrected chi connectivity index (χ2v) is 55.3. The van der Waals surface area contributed by atoms with Crippen LogP contribution in [-0.4, -0.2) is 157 Å². The van der Waals surface area contributed by atoms with Gasteiger partial charge in [-0.2, -0.15) is 0 Å². The molecule has 42 atom stereocenters. The van der Waals surface area contributed by atoms with E-state index in [9.17, 15) is 19.2 Å². The lowest BCUT2D eigenvalue weighted by atomic mass is 9.52. The molecule has 0 aromatic heterocycles. The third-order valence-corrected chi connectivity index (χ3v) is 48.3. The zero-order valence-corrected chi connectivity index (χ0v) is 89.8. The normalized spacial score (nSPS) is 51.6. The fourth-order valence-electron chi connectivity index (χ4n) is 40.9. The van der Waals surface area contributed by atoms with Crippen molar-refractivity contribution in [1.29, 1.82) is 0 Å². The Bertz CT molecular complexity index is 4540. The van der Waals surface area contributed by atoms with Crippen LogP contribution in [0.1, 0.15) is 401 Å². The average molecular weight is 1890 g/mol. The van der Waals surface area contributed by atoms with Crippen LogP contribution in [0.5, 0.6) is 0 Å². The Labute approximate surface area is 830 Å². The van der Waals surface area contributed by atoms with E-state index in [0.717, 1.165) is 203 Å². The van der Waals surface area contributed by atoms with Gasteiger partial charge in [-0.15, -0.1) is 0 Å². The van der Waals surface area contributed by atoms with Crippen molar-refractivity contribution in [3.63, 3.8) is 0 Å². The van der Waals surface area contributed by atoms with Crippen LogP contribution in [0.2, 0.25) is 0 Å². The number of esters is 2. The Balaban J connectivity index is 0.000000109. The summed E-state index contributed by atoms with van der Waals surface area (Å²) in [5.41, 5.74) is 17.4. The van der Waals surface area contributed by atoms with Crippen molar-refractivity contribution < 1.29 is 47.6 Å². The monoisotopic (exact) mass is 1890 g/mol. The van der Waals surface area contributed by atoms with Crippen LogP contribution in [-0.2, 0) is 47.6 Å². The van der Waals surface area contributed by atoms with Crippen LogP contribution in [0.15, 0.2) is 49.6 Å². The largest absolute Gasteiger partial charge is 0.463 e. The molecule has 0 bridgehead atoms. The molecule has 4 unspecified atom stereocenters. The highest BCUT2D eigenvalue weighted by atomic mass is 16.6. The fraction of sp³-hybridized carbons (Fsp3) is 0.893. The molecule has 24 rings (SSSR count). The number of rotatable bonds is 6. The Morgan fingerprint density at radius 2 is 0.737 bits per heavy atom. The third kappa shape index (κ3) is 17.5. The van der Waals surface area contributed by atoms with Crippen LogP contribution >= 0.6 is 0 Å². The Kier molecular flexibility index (Phi) is 27.7. The maximum Gasteiger partial charge on any atom is 0.302 e. The highest BCUT2D eigenvalue weighted by Gasteiger charge is 2.67. The van der Waals surface area contributed by atoms with Crippen molar-refractivity contribution in [3.8, 4) is 0 Å². The molecule has 8 heterocycles. The molecule has 764 valence electrons. The second-order valence-electron chi connectivity index (χ2n) is 55.3. The Hall–Kier alpha value is -3.41. The Morgan fingerprint density at radius 1 is 0.394 bits per heavy atom. The van der Waals surface area contributed by atoms with Gasteiger partial charge in [-0.1, -0.05) is 128 Å². The average Bonchev–Trinajstić information content (AvgIpc) is 1.57. The number of carbonyl (C=O) groups is 4. The number of piperidine rings is 4. The van der Waals surface area contributed by atoms with E-state index in [1.54, 1.807) is 48.6 Å². The zero-order chi connectivity index (χ0) is 96.0. The number of likely N-dealkylation sites (tertiary alicyclic amines) is 1. The number of nitrogens with one attached hydrogen (secondary N) is 3. The smallest absolute Gasteiger partial charge is 0.302 e. The number of ketones is 2. The summed E-state index contributed by atoms with van der Waals surface area (Å²) in [4.78, 5) is 54.3. The number of ether oxygens (including phenoxy) is 6. The quantitative estimate of drug-likeness (QED) is 0.169. The maximum atomic E-state index is 12.3. The molecule has 3 N–H and O–H groups in total. The van der Waals surface area contributed by atoms with Gasteiger partial charge in [0.2, 0.25) is 0 Å². The van der Waals surface area contributed by atoms with Crippen LogP contribution in [0.25, 0.3) is 0 Å². The summed E-state index contributed by atoms with van der Waals surface area (Å²) in [5.74, 6) is 18.7. The van der Waals surface area contributed by atoms with Gasteiger partial charge in [-0.25, -0.2) is 0 Å². The van der Waals surface area contributed by atoms with Crippen LogP contribution in [0.4, 0.5) is 0 Å². The van der Waals surface area contributed by atoms with E-state index in [-0.39, 0.29) is 46.6 Å². The summed E-state index contributed by atoms with van der Waals surface area (Å²) in [6.07, 6.45) is 52.9. The van der Waals surface area contributed by atoms with Crippen molar-refractivity contribution in [2.75, 3.05) is 39.8 Å². The van der Waals surface area contributed by atoms with Gasteiger partial charge >= 0.3 is 11.9 Å². The SMILES string of the molecule is CC(=O)CCCN1C[C@@H](C)C[C@H]2OC3(CC[C@@H]4C(=C(C)C3)C[C@H]3[C@H]4CC[C@@H]4CC(=O)CC[C@@]43C)[C@H](C)[C@@H]21.CC(=O)O[C@@H]1CC[C@@]2(C)[C@H](CC[C@H]3[C@@H]4CCC5(CC(C)=C4C[C@@H]32)O[C@@H]2C[C@H](C)CN[C@H]2[C@H]5C)C1.CC(=O)O[C@H]1CC[C@@]2(C)[C@H](CC[C@H]3[C@@H]4CCC5(CC(C)=C4C[C@@H]32)O[C@@H]2C[C@H](C)CN[C@H]2[C@H]5C)C1.CN=C1CC[C@@]2(C)[C@H](CC[C@H]3[C@@H]4CCC5(CC(C)=C4C[C@@H]32)O[C@@H]2C[C@H](C)CN[C@H]2[C@H]5C)C1. The number of fused-ring (bicyclic) bond motifs is 24. The van der Waals surface area contributed by atoms with Crippen molar-refractivity contribution >= 4 is 29.2 Å². The molecule has 0 amide bonds. The molecule has 0 radical (unpaired) electrons. The minimum Gasteiger partial charge on any atom is -0.463 e. The zero-order valence-electron chi connectivity index (χ0n) is 89.8. The van der Waals surface area contributed by atoms with Crippen molar-refractivity contribution in [1.82, 2.24) is 20.9 Å². The van der Waals surface area contributed by atoms with Crippen LogP contribution in [0.3, 0.4) is 0 Å². The highest BCUT2D eigenvalue weighted by molar-refractivity contribution is 5.85. The predicted octanol–water partition coefficient (Wildman–Crippen LogP) is 25.0. The minimum absolute atomic E-state index is 0.0203. The van der Waals surface area contributed by atoms with Crippen LogP contribution < -0.4 is 16.0 Å². The first kappa shape index (κ1) is 99.6. The number of Topliss-reactive ketones (excluding diaryl/α,β-unsaturated/α-hetero) is 2. The topological polar surface area (TPSA) is 175 Å². The number of hydrogen-bond acceptors (Lipinski definition) is 15. The van der Waals surface area contributed by atoms with Gasteiger partial charge in [0.05, 0.1) is 46.8 Å². The Morgan fingerprint density at radius 3 is 1.11 bits per heavy atom. The lowest BCUT2D eigenvalue weighted by molar-refractivity contribution is -0.155. The molecule has 15 heteroatoms. The van der Waals surface area contributed by atoms with E-state index < -0.39 is 0 Å². The van der Waals surface area contributed by atoms with E-state index in [0.29, 0.717) is 124 Å². The standard InChI is InChI=1S/C33H51NO3.2C30H47NO3.C29H46N2O/c1-20-15-30-31(34(19-20)14-6-7-22(3)35)23(4)33(37-30)13-11-26-27-9-8-24-16-25(36)10-12-32(24,5)29(27)17-28(26)21(2)18-33;2*1-17-12-27-28(31-16-17)19(3)30(34-27)11-9-23-24-7-6-21-13-22(33-20(4)32)8-10-29(21,5)26(24)14-25(23)18(2)15-30;1-17-12-26-27(31-16-17)19(3)29(32-26)11-9-22-23-7-6-20-13-21(30-5)8-10-28(20,4)25(23)14-24(22)18(2)15-29/h20,23-24,26-27,29-31H,6-19H2,1-5H3;2*17,19,21-24,26-28,31H,6-16H2,1-5H3;17,19-20,22-23,25-27,31H,6-16H2,1-5H3/t20-,23+,24+,26-,27-,29-,30+,31-,32-,33?;17-,19+,21+,22+,23-,24-,26-,27+,28-,29-,30?;17-,19+,21+,22-,23-,24-,26-,27+,28-,29-,30?;17-,19+,20+,22-,23-,25-,26+,27-,28-,29?/m0000/s1. The lowest BCUT2D eigenvalue weighted by Gasteiger charge is -2.54. The number of hydrogen-bond donors (Lipinski definition) is 3. The highest BCUT2D eigenvalue weighted by Crippen LogP contribution is 2.72. The molecule has 24 aliphatic rings. The molecule has 8 saturated heterocycles. The summed E-state index contributed by atoms with van der Waals surface area (Å²) < 4.78 is 39.7. The number of carbonyl (C=O) groups excluding carboxylic acids is 4. The molecule has 12 saturated carbocycles. The molecule has 137 heavy (non-hydrogen) atoms. The second kappa shape index (κ2) is 38.1. The molecule has 0 aromatic rings. The van der Waals surface area contributed by atoms with Gasteiger partial charge in [0, 0.05) is 100 Å². The first-order valence-corrected chi connectivity index (χ1v) is 58.6. The summed E-state index contributed by atoms with van der Waals surface area (Å²) in [6.45, 7) is 50.2. The molecule has 16 aliphatic carbocycles. The lowest BCUT2D eigenvalue weighted by Crippen LogP contribution is -2.52. The van der Waals surface area contributed by atoms with E-state index >= 15 is 0 Å². The molecular weight excluding hydrogens is 1700 g/mol. The number of nitrogens with zero attached hydrogens (tertiary/aromatic N) is 2. The summed E-state index contributed by atoms with van der Waals surface area (Å²) in [5, 5.41) is 11.6. The van der Waals surface area contributed by atoms with Gasteiger partial charge in [-0.3, -0.25) is 24.3 Å². The van der Waals surface area contributed by atoms with E-state index in [2.05, 4.69) is 137 Å². The van der Waals surface area contributed by atoms with Gasteiger partial charge in [-0.05, 0) is 451 Å². The van der Waals surface area contributed by atoms with E-state index in [1.807, 2.05) is 23.8 Å². The molecule has 8 aliphatic heterocycles. The molecule has 15 nitrogen and oxygen atoms in total. The van der Waals surface area contributed by atoms with Crippen molar-refractivity contribution in [3.05, 3.63) is 44.6 Å². The molecule has 20 fully saturated rings. The number of aliphatic imine (C=N–C) groups is 1. The summed E-state index contributed by atoms with van der Waals surface area (Å²) >= 11 is 0. The first-order chi connectivity index (χ1) is 65.4. The third-order valence-electron chi connectivity index (χ3n) is 48.3. The van der Waals surface area contributed by atoms with Gasteiger partial charge in [0.1, 0.15) is 23.8 Å². The van der Waals surface area contributed by atoms with E-state index in [4.69, 9.17) is 28.4 Å². The maximum absolute atomic E-state index is 12.3. The summed E-state index contributed by atoms with van der Waals surface area (Å²) in [6, 6.07) is 2.16. The van der Waals surface area contributed by atoms with Crippen molar-refractivity contribution in [2.45, 2.75) is 484 Å². The number of allylic oxidation sites excluding steroid dienone is 4. The van der Waals surface area contributed by atoms with Gasteiger partial charge < -0.3 is 49.2 Å². The first-order valence-electron chi connectivity index (χ1n) is 58.6. The van der Waals surface area contributed by atoms with Gasteiger partial charge in [0.25, 0.3) is 0 Å². The molecular formula is C122H191N5O10. The predicted molar refractivity (Wildman–Crippen MR) is 548 cm³/mol. The summed E-state index contributed by atoms with van der Waals surface area (Å²) in [7, 11) is 2.01. The molecule has 0 aromatic carbocycles. The van der Waals surface area contributed by atoms with Gasteiger partial charge in [0.15, 0.2) is 0 Å². The molecule has 4 spiro atoms. The van der Waals surface area contributed by atoms with E-state index in [1.165, 1.54) is 205 Å².